The number of fused-ring (bicyclic) bond motifs is 1. The molecule has 0 saturated heterocycles. The second-order valence-corrected chi connectivity index (χ2v) is 9.71. The van der Waals surface area contributed by atoms with Crippen molar-refractivity contribution in [2.24, 2.45) is 0 Å². The van der Waals surface area contributed by atoms with E-state index in [4.69, 9.17) is 9.47 Å². The van der Waals surface area contributed by atoms with Gasteiger partial charge in [-0.2, -0.15) is 0 Å². The van der Waals surface area contributed by atoms with Gasteiger partial charge in [0, 0.05) is 20.1 Å². The summed E-state index contributed by atoms with van der Waals surface area (Å²) >= 11 is 0. The molecule has 0 atom stereocenters. The maximum Gasteiger partial charge on any atom is 0.235 e. The summed E-state index contributed by atoms with van der Waals surface area (Å²) in [6, 6.07) is 20.0. The van der Waals surface area contributed by atoms with Gasteiger partial charge in [0.15, 0.2) is 11.5 Å². The fourth-order valence-corrected chi connectivity index (χ4v) is 4.66. The van der Waals surface area contributed by atoms with Crippen molar-refractivity contribution >= 4 is 17.5 Å². The highest BCUT2D eigenvalue weighted by atomic mass is 16.7. The van der Waals surface area contributed by atoms with E-state index in [9.17, 15) is 9.59 Å². The van der Waals surface area contributed by atoms with E-state index in [2.05, 4.69) is 36.6 Å². The third-order valence-electron chi connectivity index (χ3n) is 7.12. The fraction of sp³-hybridized carbons (Fsp3) is 0.333. The summed E-state index contributed by atoms with van der Waals surface area (Å²) in [6.07, 6.45) is 4.12. The normalized spacial score (nSPS) is 14.8. The minimum Gasteiger partial charge on any atom is -0.454 e. The van der Waals surface area contributed by atoms with Crippen molar-refractivity contribution in [3.63, 3.8) is 0 Å². The maximum atomic E-state index is 13.3. The summed E-state index contributed by atoms with van der Waals surface area (Å²) in [5.74, 6) is 1.52. The molecule has 6 nitrogen and oxygen atoms in total. The van der Waals surface area contributed by atoms with Gasteiger partial charge in [0.05, 0.1) is 5.41 Å². The highest BCUT2D eigenvalue weighted by Gasteiger charge is 2.51. The van der Waals surface area contributed by atoms with Gasteiger partial charge in [0.2, 0.25) is 18.6 Å². The predicted octanol–water partition coefficient (Wildman–Crippen LogP) is 6.11. The van der Waals surface area contributed by atoms with Gasteiger partial charge >= 0.3 is 0 Å². The van der Waals surface area contributed by atoms with Crippen molar-refractivity contribution in [2.75, 3.05) is 12.1 Å². The van der Waals surface area contributed by atoms with E-state index < -0.39 is 5.41 Å². The van der Waals surface area contributed by atoms with Crippen LogP contribution in [0.3, 0.4) is 0 Å². The first kappa shape index (κ1) is 23.9. The molecule has 1 aliphatic heterocycles. The molecule has 0 bridgehead atoms. The number of benzene rings is 3. The van der Waals surface area contributed by atoms with Crippen LogP contribution in [0.25, 0.3) is 11.1 Å². The van der Waals surface area contributed by atoms with Crippen LogP contribution in [0.4, 0.5) is 5.69 Å². The smallest absolute Gasteiger partial charge is 0.235 e. The molecule has 188 valence electrons. The molecule has 0 radical (unpaired) electrons. The van der Waals surface area contributed by atoms with Crippen LogP contribution in [0.5, 0.6) is 11.5 Å². The molecule has 1 saturated carbocycles. The van der Waals surface area contributed by atoms with E-state index >= 15 is 0 Å². The van der Waals surface area contributed by atoms with Crippen LogP contribution in [-0.2, 0) is 21.5 Å². The first-order chi connectivity index (χ1) is 17.5. The summed E-state index contributed by atoms with van der Waals surface area (Å²) < 4.78 is 10.9. The van der Waals surface area contributed by atoms with Gasteiger partial charge in [-0.25, -0.2) is 0 Å². The Labute approximate surface area is 213 Å². The van der Waals surface area contributed by atoms with Crippen LogP contribution in [0.1, 0.15) is 57.1 Å². The molecule has 2 N–H and O–H groups in total. The predicted molar refractivity (Wildman–Crippen MR) is 142 cm³/mol. The zero-order chi connectivity index (χ0) is 25.1. The Kier molecular flexibility index (Phi) is 6.68. The lowest BCUT2D eigenvalue weighted by Crippen LogP contribution is -2.27. The van der Waals surface area contributed by atoms with Crippen molar-refractivity contribution < 1.29 is 20.5 Å². The van der Waals surface area contributed by atoms with E-state index in [0.717, 1.165) is 64.9 Å². The number of carbonyl (C=O) groups excluding carboxylic acids is 2. The van der Waals surface area contributed by atoms with Crippen molar-refractivity contribution in [1.29, 1.82) is 0 Å². The third kappa shape index (κ3) is 4.94. The van der Waals surface area contributed by atoms with Gasteiger partial charge in [0.25, 0.3) is 0 Å². The lowest BCUT2D eigenvalue weighted by atomic mass is 9.94. The molecular weight excluding hydrogens is 452 g/mol. The number of carbonyl (C=O) groups is 2. The number of hydrogen-bond donors (Lipinski definition) is 2. The molecule has 1 fully saturated rings. The molecule has 3 aromatic carbocycles. The molecular formula is C30H34N2O4. The molecule has 1 aliphatic carbocycles. The Bertz CT molecular complexity index is 1290. The molecule has 5 rings (SSSR count). The standard InChI is InChI=1S/C30H32N2O4.H2/c1-3-4-5-28(33)31-18-21-7-9-22(10-8-21)25-17-24(12-6-20(25)2)32-29(34)30(14-15-30)23-11-13-26-27(16-23)36-19-35-26;/h6-13,16-17H,3-5,14-15,18-19H2,1-2H3,(H,31,33)(H,32,34);1H. The first-order valence-corrected chi connectivity index (χ1v) is 12.7. The quantitative estimate of drug-likeness (QED) is 0.382. The average Bonchev–Trinajstić information content (AvgIpc) is 3.58. The van der Waals surface area contributed by atoms with Gasteiger partial charge < -0.3 is 20.1 Å². The molecule has 2 amide bonds. The van der Waals surface area contributed by atoms with Crippen LogP contribution in [0, 0.1) is 6.92 Å². The van der Waals surface area contributed by atoms with Crippen molar-refractivity contribution in [3.05, 3.63) is 77.4 Å². The molecule has 0 aromatic heterocycles. The molecule has 6 heteroatoms. The van der Waals surface area contributed by atoms with E-state index in [1.807, 2.05) is 48.5 Å². The third-order valence-corrected chi connectivity index (χ3v) is 7.12. The molecule has 36 heavy (non-hydrogen) atoms. The molecule has 3 aromatic rings. The number of hydrogen-bond acceptors (Lipinski definition) is 4. The number of amides is 2. The Morgan fingerprint density at radius 3 is 2.50 bits per heavy atom. The average molecular weight is 487 g/mol. The van der Waals surface area contributed by atoms with E-state index in [1.165, 1.54) is 0 Å². The first-order valence-electron chi connectivity index (χ1n) is 12.7. The summed E-state index contributed by atoms with van der Waals surface area (Å²) in [4.78, 5) is 25.2. The van der Waals surface area contributed by atoms with Gasteiger partial charge in [-0.05, 0) is 78.3 Å². The zero-order valence-corrected chi connectivity index (χ0v) is 20.9. The Morgan fingerprint density at radius 2 is 1.75 bits per heavy atom. The van der Waals surface area contributed by atoms with Crippen LogP contribution in [-0.4, -0.2) is 18.6 Å². The van der Waals surface area contributed by atoms with Gasteiger partial charge in [-0.15, -0.1) is 0 Å². The minimum atomic E-state index is -0.519. The van der Waals surface area contributed by atoms with Gasteiger partial charge in [0.1, 0.15) is 0 Å². The van der Waals surface area contributed by atoms with Crippen molar-refractivity contribution in [1.82, 2.24) is 5.32 Å². The molecule has 2 aliphatic rings. The number of rotatable bonds is 9. The van der Waals surface area contributed by atoms with Gasteiger partial charge in [-0.3, -0.25) is 9.59 Å². The van der Waals surface area contributed by atoms with Crippen molar-refractivity contribution in [3.8, 4) is 22.6 Å². The van der Waals surface area contributed by atoms with Crippen molar-refractivity contribution in [2.45, 2.75) is 57.9 Å². The number of aryl methyl sites for hydroxylation is 1. The Morgan fingerprint density at radius 1 is 0.972 bits per heavy atom. The summed E-state index contributed by atoms with van der Waals surface area (Å²) in [5, 5.41) is 6.13. The number of unbranched alkanes of at least 4 members (excludes halogenated alkanes) is 1. The highest BCUT2D eigenvalue weighted by molar-refractivity contribution is 6.02. The SMILES string of the molecule is CCCCC(=O)NCc1ccc(-c2cc(NC(=O)C3(c4ccc5c(c4)OCO5)CC3)ccc2C)cc1.[HH]. The minimum absolute atomic E-state index is 0. The highest BCUT2D eigenvalue weighted by Crippen LogP contribution is 2.51. The number of anilines is 1. The van der Waals surface area contributed by atoms with Crippen LogP contribution in [0.2, 0.25) is 0 Å². The lowest BCUT2D eigenvalue weighted by Gasteiger charge is -2.17. The second kappa shape index (κ2) is 10.1. The van der Waals surface area contributed by atoms with Crippen LogP contribution in [0.15, 0.2) is 60.7 Å². The Balaban J connectivity index is 0.00000320. The van der Waals surface area contributed by atoms with Crippen LogP contribution < -0.4 is 20.1 Å². The number of ether oxygens (including phenoxy) is 2. The summed E-state index contributed by atoms with van der Waals surface area (Å²) in [6.45, 7) is 4.90. The second-order valence-electron chi connectivity index (χ2n) is 9.71. The summed E-state index contributed by atoms with van der Waals surface area (Å²) in [7, 11) is 0. The van der Waals surface area contributed by atoms with E-state index in [1.54, 1.807) is 0 Å². The lowest BCUT2D eigenvalue weighted by molar-refractivity contribution is -0.121. The monoisotopic (exact) mass is 486 g/mol. The van der Waals surface area contributed by atoms with E-state index in [-0.39, 0.29) is 20.0 Å². The summed E-state index contributed by atoms with van der Waals surface area (Å²) in [5.41, 5.74) is 5.56. The maximum absolute atomic E-state index is 13.3. The molecule has 1 heterocycles. The number of nitrogens with one attached hydrogen (secondary N) is 2. The molecule has 0 unspecified atom stereocenters. The zero-order valence-electron chi connectivity index (χ0n) is 20.9. The topological polar surface area (TPSA) is 76.7 Å². The fourth-order valence-electron chi connectivity index (χ4n) is 4.66. The molecule has 0 spiro atoms. The van der Waals surface area contributed by atoms with Crippen LogP contribution >= 0.6 is 0 Å². The van der Waals surface area contributed by atoms with E-state index in [0.29, 0.717) is 18.7 Å². The Hall–Kier alpha value is -3.80. The largest absolute Gasteiger partial charge is 0.454 e. The van der Waals surface area contributed by atoms with Gasteiger partial charge in [-0.1, -0.05) is 49.7 Å².